The van der Waals surface area contributed by atoms with Crippen LogP contribution in [0.3, 0.4) is 0 Å². The van der Waals surface area contributed by atoms with Crippen molar-refractivity contribution in [1.82, 2.24) is 10.2 Å². The lowest BCUT2D eigenvalue weighted by Gasteiger charge is -2.23. The van der Waals surface area contributed by atoms with Crippen LogP contribution in [0.15, 0.2) is 58.2 Å². The second-order valence-electron chi connectivity index (χ2n) is 6.15. The number of hydrogen-bond donors (Lipinski definition) is 0. The van der Waals surface area contributed by atoms with Crippen molar-refractivity contribution in [3.63, 3.8) is 0 Å². The molecule has 1 heterocycles. The predicted molar refractivity (Wildman–Crippen MR) is 113 cm³/mol. The number of aromatic nitrogens is 2. The summed E-state index contributed by atoms with van der Waals surface area (Å²) in [6.45, 7) is 4.35. The summed E-state index contributed by atoms with van der Waals surface area (Å²) in [5.41, 5.74) is 1.54. The van der Waals surface area contributed by atoms with E-state index in [1.165, 1.54) is 11.8 Å². The molecule has 0 spiro atoms. The van der Waals surface area contributed by atoms with E-state index >= 15 is 0 Å². The van der Waals surface area contributed by atoms with E-state index < -0.39 is 0 Å². The second-order valence-corrected chi connectivity index (χ2v) is 7.44. The molecule has 152 valence electrons. The first-order valence-electron chi connectivity index (χ1n) is 9.15. The van der Waals surface area contributed by atoms with Gasteiger partial charge < -0.3 is 18.8 Å². The van der Waals surface area contributed by atoms with E-state index in [1.807, 2.05) is 44.2 Å². The normalized spacial score (nSPS) is 11.7. The van der Waals surface area contributed by atoms with Crippen molar-refractivity contribution in [3.8, 4) is 23.0 Å². The maximum atomic E-state index is 12.9. The van der Waals surface area contributed by atoms with Crippen LogP contribution in [0.1, 0.15) is 13.8 Å². The first kappa shape index (κ1) is 20.7. The highest BCUT2D eigenvalue weighted by Crippen LogP contribution is 2.32. The van der Waals surface area contributed by atoms with Crippen molar-refractivity contribution in [1.29, 1.82) is 0 Å². The molecular formula is C21H23N3O4S. The number of carbonyl (C=O) groups excluding carboxylic acids is 1. The number of thioether (sulfide) groups is 1. The zero-order chi connectivity index (χ0) is 20.8. The largest absolute Gasteiger partial charge is 0.497 e. The van der Waals surface area contributed by atoms with Gasteiger partial charge in [0, 0.05) is 23.9 Å². The van der Waals surface area contributed by atoms with Gasteiger partial charge in [-0.25, -0.2) is 0 Å². The average Bonchev–Trinajstić information content (AvgIpc) is 3.23. The molecule has 0 unspecified atom stereocenters. The SMILES string of the molecule is CCN(C(=O)[C@H](C)Sc1nnc(-c2cc(OC)cc(OC)c2)o1)c1ccccc1. The number of para-hydroxylation sites is 1. The molecule has 7 nitrogen and oxygen atoms in total. The van der Waals surface area contributed by atoms with Crippen LogP contribution in [0, 0.1) is 0 Å². The molecule has 0 fully saturated rings. The number of ether oxygens (including phenoxy) is 2. The molecule has 0 saturated carbocycles. The number of amides is 1. The maximum Gasteiger partial charge on any atom is 0.277 e. The summed E-state index contributed by atoms with van der Waals surface area (Å²) in [6.07, 6.45) is 0. The standard InChI is InChI=1S/C21H23N3O4S/c1-5-24(16-9-7-6-8-10-16)20(25)14(2)29-21-23-22-19(28-21)15-11-17(26-3)13-18(12-15)27-4/h6-14H,5H2,1-4H3/t14-/m0/s1. The van der Waals surface area contributed by atoms with Gasteiger partial charge in [-0.1, -0.05) is 30.0 Å². The van der Waals surface area contributed by atoms with Crippen LogP contribution in [0.2, 0.25) is 0 Å². The second kappa shape index (κ2) is 9.47. The minimum Gasteiger partial charge on any atom is -0.497 e. The number of carbonyl (C=O) groups is 1. The first-order valence-corrected chi connectivity index (χ1v) is 10.0. The molecule has 2 aromatic carbocycles. The van der Waals surface area contributed by atoms with Gasteiger partial charge in [-0.15, -0.1) is 10.2 Å². The summed E-state index contributed by atoms with van der Waals surface area (Å²) in [6, 6.07) is 14.9. The summed E-state index contributed by atoms with van der Waals surface area (Å²) < 4.78 is 16.3. The van der Waals surface area contributed by atoms with E-state index in [0.717, 1.165) is 5.69 Å². The third-order valence-electron chi connectivity index (χ3n) is 4.28. The molecule has 0 radical (unpaired) electrons. The summed E-state index contributed by atoms with van der Waals surface area (Å²) in [7, 11) is 3.15. The number of nitrogens with zero attached hydrogens (tertiary/aromatic N) is 3. The molecular weight excluding hydrogens is 390 g/mol. The molecule has 0 N–H and O–H groups in total. The zero-order valence-electron chi connectivity index (χ0n) is 16.8. The van der Waals surface area contributed by atoms with Gasteiger partial charge in [0.1, 0.15) is 11.5 Å². The zero-order valence-corrected chi connectivity index (χ0v) is 17.6. The maximum absolute atomic E-state index is 12.9. The fourth-order valence-electron chi connectivity index (χ4n) is 2.80. The van der Waals surface area contributed by atoms with E-state index in [2.05, 4.69) is 10.2 Å². The van der Waals surface area contributed by atoms with Gasteiger partial charge >= 0.3 is 0 Å². The van der Waals surface area contributed by atoms with Gasteiger partial charge in [-0.2, -0.15) is 0 Å². The summed E-state index contributed by atoms with van der Waals surface area (Å²) >= 11 is 1.23. The topological polar surface area (TPSA) is 77.7 Å². The van der Waals surface area contributed by atoms with E-state index in [9.17, 15) is 4.79 Å². The Balaban J connectivity index is 1.75. The molecule has 1 amide bonds. The van der Waals surface area contributed by atoms with Crippen LogP contribution in [-0.4, -0.2) is 42.1 Å². The summed E-state index contributed by atoms with van der Waals surface area (Å²) in [5.74, 6) is 1.56. The molecule has 0 saturated heterocycles. The van der Waals surface area contributed by atoms with Crippen molar-refractivity contribution in [3.05, 3.63) is 48.5 Å². The molecule has 8 heteroatoms. The smallest absolute Gasteiger partial charge is 0.277 e. The highest BCUT2D eigenvalue weighted by atomic mass is 32.2. The molecule has 0 aliphatic heterocycles. The number of methoxy groups -OCH3 is 2. The highest BCUT2D eigenvalue weighted by Gasteiger charge is 2.24. The van der Waals surface area contributed by atoms with Crippen LogP contribution in [-0.2, 0) is 4.79 Å². The van der Waals surface area contributed by atoms with E-state index in [0.29, 0.717) is 34.7 Å². The average molecular weight is 413 g/mol. The Morgan fingerprint density at radius 2 is 1.76 bits per heavy atom. The first-order chi connectivity index (χ1) is 14.0. The van der Waals surface area contributed by atoms with Crippen LogP contribution >= 0.6 is 11.8 Å². The van der Waals surface area contributed by atoms with Crippen LogP contribution < -0.4 is 14.4 Å². The molecule has 1 atom stereocenters. The van der Waals surface area contributed by atoms with Gasteiger partial charge in [-0.05, 0) is 38.1 Å². The van der Waals surface area contributed by atoms with Crippen molar-refractivity contribution >= 4 is 23.4 Å². The van der Waals surface area contributed by atoms with Gasteiger partial charge in [0.05, 0.1) is 19.5 Å². The van der Waals surface area contributed by atoms with E-state index in [-0.39, 0.29) is 11.2 Å². The fourth-order valence-corrected chi connectivity index (χ4v) is 3.55. The Hall–Kier alpha value is -3.00. The number of anilines is 1. The van der Waals surface area contributed by atoms with Crippen molar-refractivity contribution < 1.29 is 18.7 Å². The monoisotopic (exact) mass is 413 g/mol. The van der Waals surface area contributed by atoms with Crippen LogP contribution in [0.25, 0.3) is 11.5 Å². The molecule has 0 bridgehead atoms. The summed E-state index contributed by atoms with van der Waals surface area (Å²) in [5, 5.41) is 8.12. The van der Waals surface area contributed by atoms with Crippen LogP contribution in [0.5, 0.6) is 11.5 Å². The van der Waals surface area contributed by atoms with E-state index in [1.54, 1.807) is 37.3 Å². The third-order valence-corrected chi connectivity index (χ3v) is 5.20. The van der Waals surface area contributed by atoms with Gasteiger partial charge in [0.25, 0.3) is 5.22 Å². The Bertz CT molecular complexity index is 939. The molecule has 3 aromatic rings. The highest BCUT2D eigenvalue weighted by molar-refractivity contribution is 8.00. The van der Waals surface area contributed by atoms with Crippen molar-refractivity contribution in [2.45, 2.75) is 24.3 Å². The minimum atomic E-state index is -0.386. The summed E-state index contributed by atoms with van der Waals surface area (Å²) in [4.78, 5) is 14.6. The Kier molecular flexibility index (Phi) is 6.77. The Labute approximate surface area is 174 Å². The quantitative estimate of drug-likeness (QED) is 0.510. The number of hydrogen-bond acceptors (Lipinski definition) is 7. The third kappa shape index (κ3) is 4.89. The molecule has 29 heavy (non-hydrogen) atoms. The Morgan fingerprint density at radius 3 is 2.34 bits per heavy atom. The lowest BCUT2D eigenvalue weighted by atomic mass is 10.2. The number of benzene rings is 2. The van der Waals surface area contributed by atoms with Crippen molar-refractivity contribution in [2.24, 2.45) is 0 Å². The molecule has 3 rings (SSSR count). The van der Waals surface area contributed by atoms with Crippen molar-refractivity contribution in [2.75, 3.05) is 25.7 Å². The van der Waals surface area contributed by atoms with E-state index in [4.69, 9.17) is 13.9 Å². The molecule has 0 aliphatic rings. The van der Waals surface area contributed by atoms with Gasteiger partial charge in [0.2, 0.25) is 11.8 Å². The lowest BCUT2D eigenvalue weighted by molar-refractivity contribution is -0.117. The molecule has 0 aliphatic carbocycles. The minimum absolute atomic E-state index is 0.0218. The van der Waals surface area contributed by atoms with Crippen LogP contribution in [0.4, 0.5) is 5.69 Å². The fraction of sp³-hybridized carbons (Fsp3) is 0.286. The lowest BCUT2D eigenvalue weighted by Crippen LogP contribution is -2.36. The Morgan fingerprint density at radius 1 is 1.10 bits per heavy atom. The van der Waals surface area contributed by atoms with Gasteiger partial charge in [0.15, 0.2) is 0 Å². The van der Waals surface area contributed by atoms with Gasteiger partial charge in [-0.3, -0.25) is 4.79 Å². The number of rotatable bonds is 8. The predicted octanol–water partition coefficient (Wildman–Crippen LogP) is 4.29. The molecule has 1 aromatic heterocycles.